The van der Waals surface area contributed by atoms with Gasteiger partial charge in [0.1, 0.15) is 5.69 Å². The van der Waals surface area contributed by atoms with Gasteiger partial charge in [-0.15, -0.1) is 0 Å². The van der Waals surface area contributed by atoms with Crippen molar-refractivity contribution in [2.75, 3.05) is 33.4 Å². The third-order valence-electron chi connectivity index (χ3n) is 3.01. The molecule has 1 aliphatic rings. The average Bonchev–Trinajstić information content (AvgIpc) is 2.41. The van der Waals surface area contributed by atoms with Crippen LogP contribution in [0.15, 0.2) is 18.3 Å². The van der Waals surface area contributed by atoms with Crippen LogP contribution in [0.1, 0.15) is 20.8 Å². The van der Waals surface area contributed by atoms with Crippen LogP contribution in [-0.2, 0) is 9.47 Å². The number of hydrogen-bond acceptors (Lipinski definition) is 5. The molecule has 1 N–H and O–H groups in total. The Morgan fingerprint density at radius 2 is 2.15 bits per heavy atom. The van der Waals surface area contributed by atoms with Crippen LogP contribution in [0.4, 0.5) is 0 Å². The summed E-state index contributed by atoms with van der Waals surface area (Å²) < 4.78 is 10.3. The number of carboxylic acids is 1. The predicted molar refractivity (Wildman–Crippen MR) is 68.7 cm³/mol. The molecule has 20 heavy (non-hydrogen) atoms. The van der Waals surface area contributed by atoms with E-state index in [1.807, 2.05) is 0 Å². The highest BCUT2D eigenvalue weighted by atomic mass is 16.5. The lowest BCUT2D eigenvalue weighted by atomic mass is 10.1. The zero-order valence-corrected chi connectivity index (χ0v) is 11.1. The van der Waals surface area contributed by atoms with Gasteiger partial charge in [-0.3, -0.25) is 4.79 Å². The Morgan fingerprint density at radius 1 is 1.40 bits per heavy atom. The number of aromatic nitrogens is 1. The molecule has 0 unspecified atom stereocenters. The Balaban J connectivity index is 1.83. The monoisotopic (exact) mass is 280 g/mol. The van der Waals surface area contributed by atoms with Crippen molar-refractivity contribution in [3.05, 3.63) is 29.6 Å². The first kappa shape index (κ1) is 14.4. The second-order valence-electron chi connectivity index (χ2n) is 4.43. The first-order valence-corrected chi connectivity index (χ1v) is 6.21. The Hall–Kier alpha value is -1.99. The van der Waals surface area contributed by atoms with E-state index >= 15 is 0 Å². The van der Waals surface area contributed by atoms with Gasteiger partial charge in [-0.25, -0.2) is 9.78 Å². The molecule has 0 saturated carbocycles. The van der Waals surface area contributed by atoms with E-state index in [2.05, 4.69) is 4.98 Å². The van der Waals surface area contributed by atoms with Gasteiger partial charge < -0.3 is 19.5 Å². The molecule has 0 atom stereocenters. The highest BCUT2D eigenvalue weighted by Gasteiger charge is 2.31. The minimum atomic E-state index is -1.11. The van der Waals surface area contributed by atoms with Crippen molar-refractivity contribution >= 4 is 11.9 Å². The fourth-order valence-corrected chi connectivity index (χ4v) is 1.84. The maximum Gasteiger partial charge on any atom is 0.354 e. The second-order valence-corrected chi connectivity index (χ2v) is 4.43. The van der Waals surface area contributed by atoms with Crippen LogP contribution in [0.3, 0.4) is 0 Å². The Kier molecular flexibility index (Phi) is 4.65. The minimum absolute atomic E-state index is 0.0420. The van der Waals surface area contributed by atoms with Crippen LogP contribution >= 0.6 is 0 Å². The van der Waals surface area contributed by atoms with Gasteiger partial charge in [0.2, 0.25) is 0 Å². The second kappa shape index (κ2) is 6.44. The number of nitrogens with zero attached hydrogens (tertiary/aromatic N) is 2. The maximum atomic E-state index is 12.0. The van der Waals surface area contributed by atoms with Crippen molar-refractivity contribution in [3.63, 3.8) is 0 Å². The molecule has 0 aliphatic carbocycles. The summed E-state index contributed by atoms with van der Waals surface area (Å²) in [7, 11) is 1.60. The fraction of sp³-hybridized carbons (Fsp3) is 0.462. The summed E-state index contributed by atoms with van der Waals surface area (Å²) in [4.78, 5) is 28.1. The quantitative estimate of drug-likeness (QED) is 0.752. The molecule has 1 aromatic rings. The van der Waals surface area contributed by atoms with Gasteiger partial charge in [0.15, 0.2) is 0 Å². The summed E-state index contributed by atoms with van der Waals surface area (Å²) in [6.07, 6.45) is 1.32. The largest absolute Gasteiger partial charge is 0.477 e. The Labute approximate surface area is 116 Å². The van der Waals surface area contributed by atoms with Gasteiger partial charge >= 0.3 is 5.97 Å². The summed E-state index contributed by atoms with van der Waals surface area (Å²) in [6.45, 7) is 2.11. The molecular formula is C13H16N2O5. The summed E-state index contributed by atoms with van der Waals surface area (Å²) >= 11 is 0. The lowest BCUT2D eigenvalue weighted by Gasteiger charge is -2.38. The maximum absolute atomic E-state index is 12.0. The molecule has 0 bridgehead atoms. The molecule has 7 heteroatoms. The van der Waals surface area contributed by atoms with Gasteiger partial charge in [-0.05, 0) is 12.1 Å². The SMILES string of the molecule is COCCOC1CN(C(=O)c2ccc(C(=O)O)nc2)C1. The van der Waals surface area contributed by atoms with Crippen LogP contribution in [0.25, 0.3) is 0 Å². The molecule has 0 aromatic carbocycles. The smallest absolute Gasteiger partial charge is 0.354 e. The summed E-state index contributed by atoms with van der Waals surface area (Å²) in [6, 6.07) is 2.79. The molecule has 1 amide bonds. The lowest BCUT2D eigenvalue weighted by Crippen LogP contribution is -2.55. The van der Waals surface area contributed by atoms with E-state index in [4.69, 9.17) is 14.6 Å². The number of carbonyl (C=O) groups excluding carboxylic acids is 1. The molecule has 1 aromatic heterocycles. The fourth-order valence-electron chi connectivity index (χ4n) is 1.84. The van der Waals surface area contributed by atoms with E-state index in [0.717, 1.165) is 0 Å². The van der Waals surface area contributed by atoms with Crippen LogP contribution < -0.4 is 0 Å². The number of methoxy groups -OCH3 is 1. The number of amides is 1. The van der Waals surface area contributed by atoms with Crippen LogP contribution in [0.5, 0.6) is 0 Å². The molecule has 1 saturated heterocycles. The van der Waals surface area contributed by atoms with E-state index in [-0.39, 0.29) is 17.7 Å². The number of likely N-dealkylation sites (tertiary alicyclic amines) is 1. The Bertz CT molecular complexity index is 482. The molecular weight excluding hydrogens is 264 g/mol. The van der Waals surface area contributed by atoms with Crippen molar-refractivity contribution < 1.29 is 24.2 Å². The number of carbonyl (C=O) groups is 2. The molecule has 108 valence electrons. The van der Waals surface area contributed by atoms with E-state index in [0.29, 0.717) is 31.9 Å². The standard InChI is InChI=1S/C13H16N2O5/c1-19-4-5-20-10-7-15(8-10)12(16)9-2-3-11(13(17)18)14-6-9/h2-3,6,10H,4-5,7-8H2,1H3,(H,17,18). The zero-order valence-electron chi connectivity index (χ0n) is 11.1. The van der Waals surface area contributed by atoms with Crippen LogP contribution in [0.2, 0.25) is 0 Å². The summed E-state index contributed by atoms with van der Waals surface area (Å²) in [5.41, 5.74) is 0.302. The molecule has 1 fully saturated rings. The summed E-state index contributed by atoms with van der Waals surface area (Å²) in [5.74, 6) is -1.28. The molecule has 2 heterocycles. The van der Waals surface area contributed by atoms with Gasteiger partial charge in [0.25, 0.3) is 5.91 Å². The molecule has 0 radical (unpaired) electrons. The molecule has 7 nitrogen and oxygen atoms in total. The number of pyridine rings is 1. The lowest BCUT2D eigenvalue weighted by molar-refractivity contribution is -0.0555. The summed E-state index contributed by atoms with van der Waals surface area (Å²) in [5, 5.41) is 8.73. The topological polar surface area (TPSA) is 89.0 Å². The van der Waals surface area contributed by atoms with Crippen molar-refractivity contribution in [2.45, 2.75) is 6.10 Å². The Morgan fingerprint density at radius 3 is 2.70 bits per heavy atom. The minimum Gasteiger partial charge on any atom is -0.477 e. The van der Waals surface area contributed by atoms with Gasteiger partial charge in [-0.1, -0.05) is 0 Å². The normalized spacial score (nSPS) is 14.9. The first-order valence-electron chi connectivity index (χ1n) is 6.21. The van der Waals surface area contributed by atoms with E-state index in [9.17, 15) is 9.59 Å². The number of aromatic carboxylic acids is 1. The van der Waals surface area contributed by atoms with Crippen LogP contribution in [0, 0.1) is 0 Å². The van der Waals surface area contributed by atoms with Crippen LogP contribution in [-0.4, -0.2) is 66.4 Å². The van der Waals surface area contributed by atoms with E-state index in [1.165, 1.54) is 18.3 Å². The highest BCUT2D eigenvalue weighted by molar-refractivity contribution is 5.95. The first-order chi connectivity index (χ1) is 9.61. The van der Waals surface area contributed by atoms with Crippen molar-refractivity contribution in [3.8, 4) is 0 Å². The third kappa shape index (κ3) is 3.31. The highest BCUT2D eigenvalue weighted by Crippen LogP contribution is 2.15. The van der Waals surface area contributed by atoms with E-state index < -0.39 is 5.97 Å². The average molecular weight is 280 g/mol. The zero-order chi connectivity index (χ0) is 14.5. The van der Waals surface area contributed by atoms with Crippen molar-refractivity contribution in [1.29, 1.82) is 0 Å². The third-order valence-corrected chi connectivity index (χ3v) is 3.01. The van der Waals surface area contributed by atoms with Gasteiger partial charge in [0, 0.05) is 26.4 Å². The number of rotatable bonds is 6. The molecule has 2 rings (SSSR count). The molecule has 1 aliphatic heterocycles. The van der Waals surface area contributed by atoms with Crippen molar-refractivity contribution in [1.82, 2.24) is 9.88 Å². The number of ether oxygens (including phenoxy) is 2. The van der Waals surface area contributed by atoms with Crippen molar-refractivity contribution in [2.24, 2.45) is 0 Å². The van der Waals surface area contributed by atoms with Gasteiger partial charge in [0.05, 0.1) is 24.9 Å². The molecule has 0 spiro atoms. The number of carboxylic acid groups (broad SMARTS) is 1. The predicted octanol–water partition coefficient (Wildman–Crippen LogP) is 0.267. The number of hydrogen-bond donors (Lipinski definition) is 1. The van der Waals surface area contributed by atoms with E-state index in [1.54, 1.807) is 12.0 Å². The van der Waals surface area contributed by atoms with Gasteiger partial charge in [-0.2, -0.15) is 0 Å².